The first kappa shape index (κ1) is 23.8. The van der Waals surface area contributed by atoms with Gasteiger partial charge in [0.05, 0.1) is 10.6 Å². The van der Waals surface area contributed by atoms with Crippen molar-refractivity contribution in [3.8, 4) is 0 Å². The first-order valence-corrected chi connectivity index (χ1v) is 14.5. The number of nitrogens with zero attached hydrogens (tertiary/aromatic N) is 1. The van der Waals surface area contributed by atoms with Crippen LogP contribution < -0.4 is 4.72 Å². The maximum absolute atomic E-state index is 13.1. The molecule has 4 rings (SSSR count). The van der Waals surface area contributed by atoms with Gasteiger partial charge in [0, 0.05) is 28.0 Å². The van der Waals surface area contributed by atoms with Gasteiger partial charge in [-0.3, -0.25) is 9.52 Å². The lowest BCUT2D eigenvalue weighted by Gasteiger charge is -2.31. The summed E-state index contributed by atoms with van der Waals surface area (Å²) in [5.41, 5.74) is 2.36. The molecule has 1 atom stereocenters. The minimum Gasteiger partial charge on any atom is -0.339 e. The molecule has 0 spiro atoms. The van der Waals surface area contributed by atoms with Crippen molar-refractivity contribution in [1.82, 2.24) is 4.90 Å². The number of alkyl halides is 1. The summed E-state index contributed by atoms with van der Waals surface area (Å²) in [5.74, 6) is 0.198. The fraction of sp³-hybridized carbons (Fsp3) is 0.458. The average Bonchev–Trinajstić information content (AvgIpc) is 3.16. The molecule has 5 nitrogen and oxygen atoms in total. The van der Waals surface area contributed by atoms with Crippen LogP contribution in [0.1, 0.15) is 49.7 Å². The van der Waals surface area contributed by atoms with Crippen molar-refractivity contribution < 1.29 is 13.2 Å². The summed E-state index contributed by atoms with van der Waals surface area (Å²) in [4.78, 5) is 15.4. The van der Waals surface area contributed by atoms with Gasteiger partial charge in [-0.05, 0) is 61.1 Å². The lowest BCUT2D eigenvalue weighted by atomic mass is 9.93. The molecule has 2 aromatic carbocycles. The highest BCUT2D eigenvalue weighted by Gasteiger charge is 2.36. The van der Waals surface area contributed by atoms with E-state index in [9.17, 15) is 13.2 Å². The van der Waals surface area contributed by atoms with Crippen LogP contribution >= 0.6 is 34.2 Å². The largest absolute Gasteiger partial charge is 0.339 e. The van der Waals surface area contributed by atoms with Crippen molar-refractivity contribution >= 4 is 55.8 Å². The number of anilines is 1. The van der Waals surface area contributed by atoms with Crippen LogP contribution in [-0.4, -0.2) is 31.8 Å². The molecule has 0 radical (unpaired) electrons. The number of amides is 1. The van der Waals surface area contributed by atoms with E-state index in [-0.39, 0.29) is 16.7 Å². The monoisotopic (exact) mass is 586 g/mol. The molecular formula is C24H28ClIN2O3S. The van der Waals surface area contributed by atoms with E-state index in [2.05, 4.69) is 32.2 Å². The SMILES string of the molecule is O=C1C(Cc2c(Cl)cc(NS(=O)(=O)c3ccccc3)cc2CI)CCN1C1CCCCC1. The van der Waals surface area contributed by atoms with Gasteiger partial charge in [-0.2, -0.15) is 0 Å². The Morgan fingerprint density at radius 1 is 1.06 bits per heavy atom. The number of nitrogens with one attached hydrogen (secondary N) is 1. The van der Waals surface area contributed by atoms with Crippen LogP contribution in [0.25, 0.3) is 0 Å². The summed E-state index contributed by atoms with van der Waals surface area (Å²) in [6.07, 6.45) is 7.40. The van der Waals surface area contributed by atoms with Crippen LogP contribution in [0, 0.1) is 5.92 Å². The Balaban J connectivity index is 1.51. The van der Waals surface area contributed by atoms with E-state index < -0.39 is 10.0 Å². The summed E-state index contributed by atoms with van der Waals surface area (Å²) in [6, 6.07) is 12.2. The Labute approximate surface area is 209 Å². The molecule has 1 aliphatic carbocycles. The van der Waals surface area contributed by atoms with E-state index in [4.69, 9.17) is 11.6 Å². The molecule has 1 saturated heterocycles. The molecule has 2 fully saturated rings. The Morgan fingerprint density at radius 2 is 1.78 bits per heavy atom. The fourth-order valence-electron chi connectivity index (χ4n) is 4.87. The predicted molar refractivity (Wildman–Crippen MR) is 137 cm³/mol. The zero-order valence-corrected chi connectivity index (χ0v) is 21.6. The van der Waals surface area contributed by atoms with E-state index in [1.54, 1.807) is 36.4 Å². The smallest absolute Gasteiger partial charge is 0.261 e. The van der Waals surface area contributed by atoms with E-state index in [1.807, 2.05) is 6.07 Å². The summed E-state index contributed by atoms with van der Waals surface area (Å²) in [7, 11) is -3.69. The minimum absolute atomic E-state index is 0.0528. The number of halogens is 2. The molecule has 2 aliphatic rings. The van der Waals surface area contributed by atoms with Crippen molar-refractivity contribution in [2.24, 2.45) is 5.92 Å². The standard InChI is InChI=1S/C24H28ClIN2O3S/c25-23-15-19(27-32(30,31)21-9-5-2-6-10-21)13-18(16-26)22(23)14-17-11-12-28(24(17)29)20-7-3-1-4-8-20/h2,5-6,9-10,13,15,17,20,27H,1,3-4,7-8,11-12,14,16H2. The highest BCUT2D eigenvalue weighted by Crippen LogP contribution is 2.35. The summed E-state index contributed by atoms with van der Waals surface area (Å²) in [6.45, 7) is 0.834. The number of benzene rings is 2. The van der Waals surface area contributed by atoms with Gasteiger partial charge in [0.2, 0.25) is 5.91 Å². The molecule has 1 saturated carbocycles. The molecule has 8 heteroatoms. The summed E-state index contributed by atoms with van der Waals surface area (Å²) >= 11 is 8.90. The van der Waals surface area contributed by atoms with E-state index in [0.717, 1.165) is 36.9 Å². The highest BCUT2D eigenvalue weighted by molar-refractivity contribution is 14.1. The quantitative estimate of drug-likeness (QED) is 0.330. The number of hydrogen-bond donors (Lipinski definition) is 1. The zero-order valence-electron chi connectivity index (χ0n) is 17.9. The van der Waals surface area contributed by atoms with E-state index >= 15 is 0 Å². The van der Waals surface area contributed by atoms with Gasteiger partial charge in [-0.15, -0.1) is 0 Å². The summed E-state index contributed by atoms with van der Waals surface area (Å²) < 4.78 is 28.7. The minimum atomic E-state index is -3.69. The Bertz CT molecular complexity index is 1070. The predicted octanol–water partition coefficient (Wildman–Crippen LogP) is 5.80. The van der Waals surface area contributed by atoms with Crippen molar-refractivity contribution in [3.05, 3.63) is 58.6 Å². The normalized spacial score (nSPS) is 20.0. The zero-order chi connectivity index (χ0) is 22.7. The molecule has 1 amide bonds. The molecule has 1 aliphatic heterocycles. The Morgan fingerprint density at radius 3 is 2.47 bits per heavy atom. The number of sulfonamides is 1. The van der Waals surface area contributed by atoms with Crippen LogP contribution in [0.2, 0.25) is 5.02 Å². The van der Waals surface area contributed by atoms with Crippen molar-refractivity contribution in [2.75, 3.05) is 11.3 Å². The third kappa shape index (κ3) is 5.25. The van der Waals surface area contributed by atoms with Crippen LogP contribution in [-0.2, 0) is 25.7 Å². The molecule has 32 heavy (non-hydrogen) atoms. The number of hydrogen-bond acceptors (Lipinski definition) is 3. The number of carbonyl (C=O) groups is 1. The van der Waals surface area contributed by atoms with Crippen LogP contribution in [0.4, 0.5) is 5.69 Å². The number of rotatable bonds is 7. The Hall–Kier alpha value is -1.32. The fourth-order valence-corrected chi connectivity index (χ4v) is 6.93. The van der Waals surface area contributed by atoms with Gasteiger partial charge < -0.3 is 4.90 Å². The van der Waals surface area contributed by atoms with Gasteiger partial charge >= 0.3 is 0 Å². The van der Waals surface area contributed by atoms with Gasteiger partial charge in [0.25, 0.3) is 10.0 Å². The molecule has 2 aromatic rings. The molecule has 1 unspecified atom stereocenters. The van der Waals surface area contributed by atoms with E-state index in [0.29, 0.717) is 27.6 Å². The maximum Gasteiger partial charge on any atom is 0.261 e. The first-order valence-electron chi connectivity index (χ1n) is 11.1. The van der Waals surface area contributed by atoms with Crippen molar-refractivity contribution in [1.29, 1.82) is 0 Å². The molecular weight excluding hydrogens is 559 g/mol. The second-order valence-electron chi connectivity index (χ2n) is 8.66. The van der Waals surface area contributed by atoms with Crippen molar-refractivity contribution in [3.63, 3.8) is 0 Å². The molecule has 172 valence electrons. The lowest BCUT2D eigenvalue weighted by molar-refractivity contribution is -0.133. The van der Waals surface area contributed by atoms with Crippen LogP contribution in [0.5, 0.6) is 0 Å². The van der Waals surface area contributed by atoms with Gasteiger partial charge in [-0.25, -0.2) is 8.42 Å². The van der Waals surface area contributed by atoms with Gasteiger partial charge in [0.15, 0.2) is 0 Å². The van der Waals surface area contributed by atoms with Gasteiger partial charge in [0.1, 0.15) is 0 Å². The number of likely N-dealkylation sites (tertiary alicyclic amines) is 1. The molecule has 1 N–H and O–H groups in total. The average molecular weight is 587 g/mol. The first-order chi connectivity index (χ1) is 15.4. The molecule has 0 aromatic heterocycles. The lowest BCUT2D eigenvalue weighted by Crippen LogP contribution is -2.39. The van der Waals surface area contributed by atoms with Crippen molar-refractivity contribution in [2.45, 2.75) is 60.3 Å². The second-order valence-corrected chi connectivity index (χ2v) is 11.5. The maximum atomic E-state index is 13.1. The van der Waals surface area contributed by atoms with Crippen LogP contribution in [0.3, 0.4) is 0 Å². The third-order valence-electron chi connectivity index (χ3n) is 6.55. The Kier molecular flexibility index (Phi) is 7.67. The number of carbonyl (C=O) groups excluding carboxylic acids is 1. The van der Waals surface area contributed by atoms with Gasteiger partial charge in [-0.1, -0.05) is 71.7 Å². The molecule has 0 bridgehead atoms. The molecule has 1 heterocycles. The topological polar surface area (TPSA) is 66.5 Å². The van der Waals surface area contributed by atoms with Crippen LogP contribution in [0.15, 0.2) is 47.4 Å². The van der Waals surface area contributed by atoms with E-state index in [1.165, 1.54) is 19.3 Å². The highest BCUT2D eigenvalue weighted by atomic mass is 127. The second kappa shape index (κ2) is 10.3. The third-order valence-corrected chi connectivity index (χ3v) is 9.11. The summed E-state index contributed by atoms with van der Waals surface area (Å²) in [5, 5.41) is 0.508.